The second kappa shape index (κ2) is 9.43. The van der Waals surface area contributed by atoms with Crippen LogP contribution in [0.15, 0.2) is 93.8 Å². The Morgan fingerprint density at radius 1 is 0.943 bits per heavy atom. The van der Waals surface area contributed by atoms with Crippen molar-refractivity contribution in [3.63, 3.8) is 0 Å². The van der Waals surface area contributed by atoms with Crippen LogP contribution < -0.4 is 5.32 Å². The van der Waals surface area contributed by atoms with Crippen LogP contribution in [0.4, 0.5) is 10.1 Å². The monoisotopic (exact) mass is 513 g/mol. The van der Waals surface area contributed by atoms with Crippen molar-refractivity contribution in [1.82, 2.24) is 9.97 Å². The summed E-state index contributed by atoms with van der Waals surface area (Å²) in [4.78, 5) is 19.0. The standard InChI is InChI=1S/C24H20FN3O5S2/c1-16-10-12-20(13-11-16)35(32,33)24-23(27-22(28-24)17-6-3-2-4-7-17)34(30,31)15-21(29)26-19-9-5-8-18(25)14-19/h2-14H,15H2,1H3,(H,26,29)(H,27,28). The Morgan fingerprint density at radius 3 is 2.29 bits per heavy atom. The quantitative estimate of drug-likeness (QED) is 0.387. The third-order valence-electron chi connectivity index (χ3n) is 5.01. The van der Waals surface area contributed by atoms with E-state index in [0.29, 0.717) is 5.56 Å². The number of carbonyl (C=O) groups is 1. The van der Waals surface area contributed by atoms with Crippen molar-refractivity contribution in [1.29, 1.82) is 0 Å². The van der Waals surface area contributed by atoms with Crippen LogP contribution in [0.1, 0.15) is 5.56 Å². The number of hydrogen-bond donors (Lipinski definition) is 2. The van der Waals surface area contributed by atoms with Crippen LogP contribution in [0, 0.1) is 12.7 Å². The van der Waals surface area contributed by atoms with Gasteiger partial charge in [0.15, 0.2) is 10.1 Å². The highest BCUT2D eigenvalue weighted by Gasteiger charge is 2.34. The molecule has 0 aliphatic carbocycles. The van der Waals surface area contributed by atoms with Crippen LogP contribution in [0.3, 0.4) is 0 Å². The highest BCUT2D eigenvalue weighted by Crippen LogP contribution is 2.30. The van der Waals surface area contributed by atoms with Gasteiger partial charge in [-0.15, -0.1) is 0 Å². The number of imidazole rings is 1. The number of aryl methyl sites for hydroxylation is 1. The number of hydrogen-bond acceptors (Lipinski definition) is 6. The Morgan fingerprint density at radius 2 is 1.63 bits per heavy atom. The zero-order valence-electron chi connectivity index (χ0n) is 18.4. The lowest BCUT2D eigenvalue weighted by atomic mass is 10.2. The molecule has 0 saturated carbocycles. The number of rotatable bonds is 7. The molecule has 35 heavy (non-hydrogen) atoms. The molecule has 1 aromatic heterocycles. The van der Waals surface area contributed by atoms with Crippen molar-refractivity contribution in [2.75, 3.05) is 11.1 Å². The number of anilines is 1. The van der Waals surface area contributed by atoms with E-state index in [1.807, 2.05) is 0 Å². The number of nitrogens with one attached hydrogen (secondary N) is 2. The first kappa shape index (κ1) is 24.3. The van der Waals surface area contributed by atoms with Gasteiger partial charge in [-0.3, -0.25) is 4.79 Å². The van der Waals surface area contributed by atoms with Crippen LogP contribution in [0.5, 0.6) is 0 Å². The number of aromatic amines is 1. The van der Waals surface area contributed by atoms with Crippen LogP contribution in [-0.4, -0.2) is 38.5 Å². The van der Waals surface area contributed by atoms with Gasteiger partial charge >= 0.3 is 0 Å². The Balaban J connectivity index is 1.76. The SMILES string of the molecule is Cc1ccc(S(=O)(=O)c2[nH]c(-c3ccccc3)nc2S(=O)(=O)CC(=O)Nc2cccc(F)c2)cc1. The van der Waals surface area contributed by atoms with Gasteiger partial charge in [-0.05, 0) is 37.3 Å². The number of sulfone groups is 2. The van der Waals surface area contributed by atoms with Crippen molar-refractivity contribution < 1.29 is 26.0 Å². The summed E-state index contributed by atoms with van der Waals surface area (Å²) in [5.41, 5.74) is 1.34. The minimum Gasteiger partial charge on any atom is -0.328 e. The van der Waals surface area contributed by atoms with E-state index in [9.17, 15) is 26.0 Å². The largest absolute Gasteiger partial charge is 0.328 e. The molecule has 0 radical (unpaired) electrons. The molecule has 0 saturated heterocycles. The number of nitrogens with zero attached hydrogens (tertiary/aromatic N) is 1. The predicted molar refractivity (Wildman–Crippen MR) is 128 cm³/mol. The van der Waals surface area contributed by atoms with Crippen molar-refractivity contribution >= 4 is 31.3 Å². The van der Waals surface area contributed by atoms with E-state index in [1.165, 1.54) is 30.3 Å². The first-order chi connectivity index (χ1) is 16.6. The summed E-state index contributed by atoms with van der Waals surface area (Å²) < 4.78 is 66.6. The van der Waals surface area contributed by atoms with Crippen molar-refractivity contribution in [2.45, 2.75) is 21.9 Å². The molecular formula is C24H20FN3O5S2. The van der Waals surface area contributed by atoms with E-state index >= 15 is 0 Å². The van der Waals surface area contributed by atoms with Gasteiger partial charge < -0.3 is 10.3 Å². The number of halogens is 1. The maximum absolute atomic E-state index is 13.4. The lowest BCUT2D eigenvalue weighted by Crippen LogP contribution is -2.24. The van der Waals surface area contributed by atoms with E-state index in [-0.39, 0.29) is 16.4 Å². The molecule has 0 unspecified atom stereocenters. The van der Waals surface area contributed by atoms with Crippen LogP contribution in [0.25, 0.3) is 11.4 Å². The Labute approximate surface area is 201 Å². The molecule has 0 aliphatic heterocycles. The maximum atomic E-state index is 13.4. The normalized spacial score (nSPS) is 11.8. The molecule has 11 heteroatoms. The van der Waals surface area contributed by atoms with E-state index in [1.54, 1.807) is 49.4 Å². The van der Waals surface area contributed by atoms with Gasteiger partial charge in [0.2, 0.25) is 25.6 Å². The van der Waals surface area contributed by atoms with Gasteiger partial charge in [0, 0.05) is 11.3 Å². The third-order valence-corrected chi connectivity index (χ3v) is 8.39. The smallest absolute Gasteiger partial charge is 0.240 e. The van der Waals surface area contributed by atoms with Gasteiger partial charge in [-0.25, -0.2) is 26.2 Å². The van der Waals surface area contributed by atoms with Crippen LogP contribution in [-0.2, 0) is 24.5 Å². The van der Waals surface area contributed by atoms with Gasteiger partial charge in [-0.2, -0.15) is 0 Å². The fourth-order valence-corrected chi connectivity index (χ4v) is 6.37. The van der Waals surface area contributed by atoms with E-state index < -0.39 is 47.2 Å². The van der Waals surface area contributed by atoms with Gasteiger partial charge in [0.25, 0.3) is 0 Å². The Bertz CT molecular complexity index is 1600. The van der Waals surface area contributed by atoms with E-state index in [2.05, 4.69) is 15.3 Å². The fourth-order valence-electron chi connectivity index (χ4n) is 3.31. The number of aromatic nitrogens is 2. The second-order valence-corrected chi connectivity index (χ2v) is 11.5. The topological polar surface area (TPSA) is 126 Å². The number of H-pyrrole nitrogens is 1. The molecule has 0 fully saturated rings. The molecule has 0 spiro atoms. The summed E-state index contributed by atoms with van der Waals surface area (Å²) >= 11 is 0. The zero-order valence-corrected chi connectivity index (χ0v) is 20.0. The van der Waals surface area contributed by atoms with E-state index in [4.69, 9.17) is 0 Å². The third kappa shape index (κ3) is 5.31. The summed E-state index contributed by atoms with van der Waals surface area (Å²) in [7, 11) is -8.87. The molecule has 3 aromatic carbocycles. The van der Waals surface area contributed by atoms with E-state index in [0.717, 1.165) is 11.6 Å². The summed E-state index contributed by atoms with van der Waals surface area (Å²) in [5, 5.41) is 0.886. The summed E-state index contributed by atoms with van der Waals surface area (Å²) in [6.45, 7) is 1.78. The molecule has 1 amide bonds. The average molecular weight is 514 g/mol. The fraction of sp³-hybridized carbons (Fsp3) is 0.0833. The minimum atomic E-state index is -4.53. The highest BCUT2D eigenvalue weighted by atomic mass is 32.2. The lowest BCUT2D eigenvalue weighted by molar-refractivity contribution is -0.113. The second-order valence-electron chi connectivity index (χ2n) is 7.72. The molecule has 4 aromatic rings. The van der Waals surface area contributed by atoms with Gasteiger partial charge in [-0.1, -0.05) is 54.1 Å². The van der Waals surface area contributed by atoms with Gasteiger partial charge in [0.05, 0.1) is 4.90 Å². The molecule has 0 bridgehead atoms. The summed E-state index contributed by atoms with van der Waals surface area (Å²) in [5.74, 6) is -2.67. The Kier molecular flexibility index (Phi) is 6.55. The zero-order chi connectivity index (χ0) is 25.2. The lowest BCUT2D eigenvalue weighted by Gasteiger charge is -2.08. The summed E-state index contributed by atoms with van der Waals surface area (Å²) in [6, 6.07) is 19.2. The first-order valence-electron chi connectivity index (χ1n) is 10.3. The molecule has 4 rings (SSSR count). The minimum absolute atomic E-state index is 0.0143. The molecular weight excluding hydrogens is 493 g/mol. The molecule has 180 valence electrons. The van der Waals surface area contributed by atoms with Crippen LogP contribution in [0.2, 0.25) is 0 Å². The first-order valence-corrected chi connectivity index (χ1v) is 13.5. The molecule has 0 aliphatic rings. The molecule has 2 N–H and O–H groups in total. The average Bonchev–Trinajstić information content (AvgIpc) is 3.27. The van der Waals surface area contributed by atoms with Crippen molar-refractivity contribution in [3.8, 4) is 11.4 Å². The Hall–Kier alpha value is -3.83. The summed E-state index contributed by atoms with van der Waals surface area (Å²) in [6.07, 6.45) is 0. The number of amides is 1. The molecule has 1 heterocycles. The van der Waals surface area contributed by atoms with Crippen molar-refractivity contribution in [2.24, 2.45) is 0 Å². The number of benzene rings is 3. The molecule has 0 atom stereocenters. The maximum Gasteiger partial charge on any atom is 0.240 e. The predicted octanol–water partition coefficient (Wildman–Crippen LogP) is 3.77. The number of carbonyl (C=O) groups excluding carboxylic acids is 1. The van der Waals surface area contributed by atoms with Crippen LogP contribution >= 0.6 is 0 Å². The van der Waals surface area contributed by atoms with Gasteiger partial charge in [0.1, 0.15) is 17.4 Å². The molecule has 8 nitrogen and oxygen atoms in total. The highest BCUT2D eigenvalue weighted by molar-refractivity contribution is 7.94. The van der Waals surface area contributed by atoms with Crippen molar-refractivity contribution in [3.05, 3.63) is 90.2 Å².